The molecule has 28 heavy (non-hydrogen) atoms. The highest BCUT2D eigenvalue weighted by molar-refractivity contribution is 5.99. The van der Waals surface area contributed by atoms with E-state index in [9.17, 15) is 32.9 Å². The first-order valence-electron chi connectivity index (χ1n) is 7.72. The van der Waals surface area contributed by atoms with Gasteiger partial charge >= 0.3 is 12.1 Å². The lowest BCUT2D eigenvalue weighted by atomic mass is 10.1. The van der Waals surface area contributed by atoms with Crippen LogP contribution in [0.1, 0.15) is 22.8 Å². The predicted molar refractivity (Wildman–Crippen MR) is 92.5 cm³/mol. The van der Waals surface area contributed by atoms with Gasteiger partial charge in [0.05, 0.1) is 21.7 Å². The van der Waals surface area contributed by atoms with Gasteiger partial charge in [-0.05, 0) is 31.2 Å². The molecule has 0 heterocycles. The predicted octanol–water partition coefficient (Wildman–Crippen LogP) is 3.38. The number of nitrogens with two attached hydrogens (primary N) is 1. The number of carbonyl (C=O) groups excluding carboxylic acids is 2. The smallest absolute Gasteiger partial charge is 0.416 e. The van der Waals surface area contributed by atoms with Crippen LogP contribution >= 0.6 is 0 Å². The molecule has 0 fully saturated rings. The minimum absolute atomic E-state index is 0.127. The highest BCUT2D eigenvalue weighted by Crippen LogP contribution is 2.30. The topological polar surface area (TPSA) is 125 Å². The number of hydrogen-bond donors (Lipinski definition) is 2. The van der Waals surface area contributed by atoms with Crippen LogP contribution in [0, 0.1) is 10.1 Å². The third-order valence-corrected chi connectivity index (χ3v) is 3.58. The number of ether oxygens (including phenoxy) is 1. The van der Waals surface area contributed by atoms with Crippen molar-refractivity contribution < 1.29 is 32.4 Å². The van der Waals surface area contributed by atoms with E-state index in [-0.39, 0.29) is 22.6 Å². The largest absolute Gasteiger partial charge is 0.449 e. The zero-order valence-corrected chi connectivity index (χ0v) is 14.3. The third-order valence-electron chi connectivity index (χ3n) is 3.58. The van der Waals surface area contributed by atoms with Crippen molar-refractivity contribution in [1.29, 1.82) is 0 Å². The van der Waals surface area contributed by atoms with Crippen molar-refractivity contribution in [2.24, 2.45) is 0 Å². The first-order chi connectivity index (χ1) is 13.0. The number of rotatable bonds is 5. The average Bonchev–Trinajstić information content (AvgIpc) is 2.60. The Bertz CT molecular complexity index is 930. The Morgan fingerprint density at radius 3 is 2.46 bits per heavy atom. The van der Waals surface area contributed by atoms with E-state index in [0.29, 0.717) is 0 Å². The Balaban J connectivity index is 2.06. The van der Waals surface area contributed by atoms with Crippen LogP contribution in [0.5, 0.6) is 0 Å². The van der Waals surface area contributed by atoms with E-state index in [2.05, 4.69) is 5.32 Å². The van der Waals surface area contributed by atoms with Gasteiger partial charge in [-0.15, -0.1) is 0 Å². The summed E-state index contributed by atoms with van der Waals surface area (Å²) in [5, 5.41) is 12.9. The Morgan fingerprint density at radius 2 is 1.89 bits per heavy atom. The Kier molecular flexibility index (Phi) is 5.87. The molecule has 2 aromatic rings. The van der Waals surface area contributed by atoms with E-state index in [1.54, 1.807) is 0 Å². The second-order valence-electron chi connectivity index (χ2n) is 5.64. The summed E-state index contributed by atoms with van der Waals surface area (Å²) in [6.45, 7) is 1.21. The van der Waals surface area contributed by atoms with E-state index in [4.69, 9.17) is 10.5 Å². The zero-order chi connectivity index (χ0) is 21.1. The molecule has 148 valence electrons. The van der Waals surface area contributed by atoms with E-state index < -0.39 is 34.6 Å². The van der Waals surface area contributed by atoms with Crippen molar-refractivity contribution in [2.45, 2.75) is 19.2 Å². The fraction of sp³-hybridized carbons (Fsp3) is 0.176. The summed E-state index contributed by atoms with van der Waals surface area (Å²) in [7, 11) is 0. The molecular formula is C17H14F3N3O5. The molecule has 0 spiro atoms. The van der Waals surface area contributed by atoms with Gasteiger partial charge in [-0.1, -0.05) is 6.07 Å². The molecule has 0 bridgehead atoms. The lowest BCUT2D eigenvalue weighted by molar-refractivity contribution is -0.384. The van der Waals surface area contributed by atoms with Crippen LogP contribution in [0.3, 0.4) is 0 Å². The van der Waals surface area contributed by atoms with Gasteiger partial charge in [0.15, 0.2) is 6.10 Å². The molecule has 8 nitrogen and oxygen atoms in total. The maximum atomic E-state index is 12.7. The Morgan fingerprint density at radius 1 is 1.21 bits per heavy atom. The number of anilines is 2. The lowest BCUT2D eigenvalue weighted by Gasteiger charge is -2.15. The molecule has 1 atom stereocenters. The summed E-state index contributed by atoms with van der Waals surface area (Å²) < 4.78 is 43.0. The fourth-order valence-electron chi connectivity index (χ4n) is 2.14. The molecule has 11 heteroatoms. The number of alkyl halides is 3. The highest BCUT2D eigenvalue weighted by Gasteiger charge is 2.30. The quantitative estimate of drug-likeness (QED) is 0.345. The Hall–Kier alpha value is -3.63. The molecule has 1 unspecified atom stereocenters. The molecule has 2 aromatic carbocycles. The SMILES string of the molecule is CC(OC(=O)c1ccc([N+](=O)[O-])cc1N)C(=O)Nc1cccc(C(F)(F)F)c1. The fourth-order valence-corrected chi connectivity index (χ4v) is 2.14. The van der Waals surface area contributed by atoms with E-state index in [0.717, 1.165) is 36.4 Å². The van der Waals surface area contributed by atoms with Gasteiger partial charge in [0.2, 0.25) is 0 Å². The lowest BCUT2D eigenvalue weighted by Crippen LogP contribution is -2.30. The van der Waals surface area contributed by atoms with Crippen molar-refractivity contribution in [1.82, 2.24) is 0 Å². The van der Waals surface area contributed by atoms with Crippen LogP contribution in [-0.4, -0.2) is 22.9 Å². The van der Waals surface area contributed by atoms with Crippen molar-refractivity contribution in [3.8, 4) is 0 Å². The maximum Gasteiger partial charge on any atom is 0.416 e. The molecule has 3 N–H and O–H groups in total. The molecule has 2 rings (SSSR count). The normalized spacial score (nSPS) is 12.1. The van der Waals surface area contributed by atoms with Crippen molar-refractivity contribution in [2.75, 3.05) is 11.1 Å². The summed E-state index contributed by atoms with van der Waals surface area (Å²) >= 11 is 0. The van der Waals surface area contributed by atoms with E-state index in [1.807, 2.05) is 0 Å². The first-order valence-corrected chi connectivity index (χ1v) is 7.72. The van der Waals surface area contributed by atoms with Crippen LogP contribution in [0.15, 0.2) is 42.5 Å². The second-order valence-corrected chi connectivity index (χ2v) is 5.64. The molecule has 0 aliphatic rings. The van der Waals surface area contributed by atoms with E-state index in [1.165, 1.54) is 13.0 Å². The number of nitrogens with zero attached hydrogens (tertiary/aromatic N) is 1. The van der Waals surface area contributed by atoms with Gasteiger partial charge < -0.3 is 15.8 Å². The molecule has 0 aliphatic carbocycles. The highest BCUT2D eigenvalue weighted by atomic mass is 19.4. The van der Waals surface area contributed by atoms with Gasteiger partial charge in [0.1, 0.15) is 0 Å². The molecule has 0 saturated heterocycles. The van der Waals surface area contributed by atoms with Crippen LogP contribution in [-0.2, 0) is 15.7 Å². The molecule has 0 radical (unpaired) electrons. The molecule has 0 aromatic heterocycles. The molecule has 0 saturated carbocycles. The number of esters is 1. The van der Waals surface area contributed by atoms with Gasteiger partial charge in [-0.2, -0.15) is 13.2 Å². The molecule has 1 amide bonds. The number of hydrogen-bond acceptors (Lipinski definition) is 6. The van der Waals surface area contributed by atoms with Crippen molar-refractivity contribution in [3.63, 3.8) is 0 Å². The summed E-state index contributed by atoms with van der Waals surface area (Å²) in [6.07, 6.45) is -5.94. The number of carbonyl (C=O) groups is 2. The van der Waals surface area contributed by atoms with E-state index >= 15 is 0 Å². The van der Waals surface area contributed by atoms with Crippen LogP contribution in [0.25, 0.3) is 0 Å². The summed E-state index contributed by atoms with van der Waals surface area (Å²) in [6, 6.07) is 7.03. The van der Waals surface area contributed by atoms with Gasteiger partial charge in [0, 0.05) is 17.8 Å². The average molecular weight is 397 g/mol. The number of nitrogens with one attached hydrogen (secondary N) is 1. The van der Waals surface area contributed by atoms with Crippen molar-refractivity contribution in [3.05, 3.63) is 63.7 Å². The number of nitro benzene ring substituents is 1. The second kappa shape index (κ2) is 7.94. The Labute approximate surface area is 156 Å². The number of nitrogen functional groups attached to an aromatic ring is 1. The maximum absolute atomic E-state index is 12.7. The summed E-state index contributed by atoms with van der Waals surface area (Å²) in [5.74, 6) is -1.88. The van der Waals surface area contributed by atoms with Crippen LogP contribution in [0.4, 0.5) is 30.2 Å². The number of halogens is 3. The number of nitro groups is 1. The number of amides is 1. The molecular weight excluding hydrogens is 383 g/mol. The summed E-state index contributed by atoms with van der Waals surface area (Å²) in [5.41, 5.74) is 3.77. The van der Waals surface area contributed by atoms with Crippen LogP contribution < -0.4 is 11.1 Å². The zero-order valence-electron chi connectivity index (χ0n) is 14.3. The van der Waals surface area contributed by atoms with Gasteiger partial charge in [0.25, 0.3) is 11.6 Å². The number of non-ortho nitro benzene ring substituents is 1. The minimum Gasteiger partial charge on any atom is -0.449 e. The minimum atomic E-state index is -4.58. The van der Waals surface area contributed by atoms with Gasteiger partial charge in [-0.3, -0.25) is 14.9 Å². The van der Waals surface area contributed by atoms with Crippen LogP contribution in [0.2, 0.25) is 0 Å². The monoisotopic (exact) mass is 397 g/mol. The number of benzene rings is 2. The third kappa shape index (κ3) is 4.96. The standard InChI is InChI=1S/C17H14F3N3O5/c1-9(15(24)22-11-4-2-3-10(7-11)17(18,19)20)28-16(25)13-6-5-12(23(26)27)8-14(13)21/h2-9H,21H2,1H3,(H,22,24). The van der Waals surface area contributed by atoms with Crippen molar-refractivity contribution >= 4 is 28.9 Å². The summed E-state index contributed by atoms with van der Waals surface area (Å²) in [4.78, 5) is 34.2. The van der Waals surface area contributed by atoms with Gasteiger partial charge in [-0.25, -0.2) is 4.79 Å². The molecule has 0 aliphatic heterocycles. The first kappa shape index (κ1) is 20.7.